The van der Waals surface area contributed by atoms with Crippen molar-refractivity contribution in [2.75, 3.05) is 17.4 Å². The molecule has 4 aromatic rings. The molecular weight excluding hydrogens is 596 g/mol. The lowest BCUT2D eigenvalue weighted by Crippen LogP contribution is -2.53. The summed E-state index contributed by atoms with van der Waals surface area (Å²) in [6, 6.07) is 24.8. The zero-order valence-corrected chi connectivity index (χ0v) is 26.3. The molecule has 4 rings (SSSR count). The molecule has 10 heteroatoms. The highest BCUT2D eigenvalue weighted by molar-refractivity contribution is 7.92. The molecule has 0 aliphatic carbocycles. The largest absolute Gasteiger partial charge is 0.354 e. The smallest absolute Gasteiger partial charge is 0.264 e. The Hall–Kier alpha value is -4.57. The Morgan fingerprint density at radius 1 is 0.778 bits per heavy atom. The lowest BCUT2D eigenvalue weighted by atomic mass is 10.0. The molecule has 0 unspecified atom stereocenters. The Kier molecular flexibility index (Phi) is 11.1. The van der Waals surface area contributed by atoms with Crippen LogP contribution in [0, 0.1) is 24.5 Å². The Morgan fingerprint density at radius 2 is 1.36 bits per heavy atom. The average Bonchev–Trinajstić information content (AvgIpc) is 3.02. The lowest BCUT2D eigenvalue weighted by Gasteiger charge is -2.34. The van der Waals surface area contributed by atoms with Crippen LogP contribution >= 0.6 is 0 Å². The number of anilines is 1. The maximum absolute atomic E-state index is 14.4. The van der Waals surface area contributed by atoms with Gasteiger partial charge < -0.3 is 10.2 Å². The summed E-state index contributed by atoms with van der Waals surface area (Å²) < 4.78 is 56.4. The molecule has 1 atom stereocenters. The minimum Gasteiger partial charge on any atom is -0.354 e. The number of hydrogen-bond acceptors (Lipinski definition) is 4. The SMILES string of the molecule is Cc1ccc(N(CC(=O)N(Cc2ccc(F)cc2)[C@H](Cc2ccccc2)C(=O)NCC(C)C)S(=O)(=O)c2ccc(F)cc2)cc1. The Labute approximate surface area is 263 Å². The van der Waals surface area contributed by atoms with Gasteiger partial charge in [-0.15, -0.1) is 0 Å². The van der Waals surface area contributed by atoms with Gasteiger partial charge in [0, 0.05) is 19.5 Å². The van der Waals surface area contributed by atoms with E-state index in [0.29, 0.717) is 12.1 Å². The molecule has 0 aliphatic heterocycles. The van der Waals surface area contributed by atoms with E-state index in [2.05, 4.69) is 5.32 Å². The van der Waals surface area contributed by atoms with E-state index in [1.54, 1.807) is 24.3 Å². The second-order valence-electron chi connectivity index (χ2n) is 11.3. The van der Waals surface area contributed by atoms with Gasteiger partial charge in [-0.3, -0.25) is 13.9 Å². The zero-order valence-electron chi connectivity index (χ0n) is 25.5. The van der Waals surface area contributed by atoms with Crippen molar-refractivity contribution in [3.63, 3.8) is 0 Å². The fraction of sp³-hybridized carbons (Fsp3) is 0.257. The maximum Gasteiger partial charge on any atom is 0.264 e. The van der Waals surface area contributed by atoms with Crippen molar-refractivity contribution in [3.8, 4) is 0 Å². The van der Waals surface area contributed by atoms with Crippen molar-refractivity contribution >= 4 is 27.5 Å². The van der Waals surface area contributed by atoms with Gasteiger partial charge >= 0.3 is 0 Å². The van der Waals surface area contributed by atoms with Crippen LogP contribution in [0.4, 0.5) is 14.5 Å². The van der Waals surface area contributed by atoms with Crippen LogP contribution < -0.4 is 9.62 Å². The van der Waals surface area contributed by atoms with Gasteiger partial charge in [0.25, 0.3) is 10.0 Å². The summed E-state index contributed by atoms with van der Waals surface area (Å²) in [6.07, 6.45) is 0.160. The average molecular weight is 634 g/mol. The van der Waals surface area contributed by atoms with E-state index >= 15 is 0 Å². The number of nitrogens with one attached hydrogen (secondary N) is 1. The van der Waals surface area contributed by atoms with E-state index in [4.69, 9.17) is 0 Å². The van der Waals surface area contributed by atoms with Crippen LogP contribution in [0.3, 0.4) is 0 Å². The fourth-order valence-corrected chi connectivity index (χ4v) is 6.15. The van der Waals surface area contributed by atoms with E-state index in [1.165, 1.54) is 29.2 Å². The summed E-state index contributed by atoms with van der Waals surface area (Å²) in [5, 5.41) is 2.93. The van der Waals surface area contributed by atoms with Crippen molar-refractivity contribution in [2.45, 2.75) is 44.7 Å². The number of halogens is 2. The molecule has 0 bridgehead atoms. The van der Waals surface area contributed by atoms with E-state index in [9.17, 15) is 26.8 Å². The predicted molar refractivity (Wildman–Crippen MR) is 171 cm³/mol. The third-order valence-corrected chi connectivity index (χ3v) is 9.01. The number of hydrogen-bond donors (Lipinski definition) is 1. The predicted octanol–water partition coefficient (Wildman–Crippen LogP) is 5.88. The van der Waals surface area contributed by atoms with Gasteiger partial charge in [0.1, 0.15) is 24.2 Å². The van der Waals surface area contributed by atoms with Gasteiger partial charge in [0.05, 0.1) is 10.6 Å². The third-order valence-electron chi connectivity index (χ3n) is 7.22. The first-order chi connectivity index (χ1) is 21.4. The molecule has 1 N–H and O–H groups in total. The number of benzene rings is 4. The third kappa shape index (κ3) is 8.98. The van der Waals surface area contributed by atoms with Gasteiger partial charge in [-0.2, -0.15) is 0 Å². The molecule has 0 radical (unpaired) electrons. The normalized spacial score (nSPS) is 12.0. The fourth-order valence-electron chi connectivity index (χ4n) is 4.74. The summed E-state index contributed by atoms with van der Waals surface area (Å²) in [6.45, 7) is 5.40. The second-order valence-corrected chi connectivity index (χ2v) is 13.2. The van der Waals surface area contributed by atoms with Crippen LogP contribution in [0.5, 0.6) is 0 Å². The minimum atomic E-state index is -4.35. The molecule has 236 valence electrons. The number of sulfonamides is 1. The molecule has 45 heavy (non-hydrogen) atoms. The van der Waals surface area contributed by atoms with Crippen LogP contribution in [0.1, 0.15) is 30.5 Å². The maximum atomic E-state index is 14.4. The van der Waals surface area contributed by atoms with E-state index in [0.717, 1.165) is 39.7 Å². The zero-order chi connectivity index (χ0) is 32.6. The van der Waals surface area contributed by atoms with Crippen LogP contribution in [0.2, 0.25) is 0 Å². The number of carbonyl (C=O) groups is 2. The monoisotopic (exact) mass is 633 g/mol. The molecular formula is C35H37F2N3O4S. The molecule has 7 nitrogen and oxygen atoms in total. The highest BCUT2D eigenvalue weighted by Crippen LogP contribution is 2.26. The Balaban J connectivity index is 1.79. The van der Waals surface area contributed by atoms with Crippen LogP contribution in [0.25, 0.3) is 0 Å². The number of aryl methyl sites for hydroxylation is 1. The van der Waals surface area contributed by atoms with Crippen molar-refractivity contribution < 1.29 is 26.8 Å². The molecule has 0 saturated heterocycles. The summed E-state index contributed by atoms with van der Waals surface area (Å²) >= 11 is 0. The Bertz CT molecular complexity index is 1680. The van der Waals surface area contributed by atoms with Crippen LogP contribution in [-0.4, -0.2) is 44.3 Å². The molecule has 0 saturated carbocycles. The van der Waals surface area contributed by atoms with Crippen molar-refractivity contribution in [1.82, 2.24) is 10.2 Å². The van der Waals surface area contributed by atoms with Crippen molar-refractivity contribution in [3.05, 3.63) is 131 Å². The van der Waals surface area contributed by atoms with Gasteiger partial charge in [-0.1, -0.05) is 74.0 Å². The first-order valence-corrected chi connectivity index (χ1v) is 16.1. The summed E-state index contributed by atoms with van der Waals surface area (Å²) in [5.74, 6) is -1.96. The number of rotatable bonds is 13. The first-order valence-electron chi connectivity index (χ1n) is 14.6. The molecule has 0 aliphatic rings. The molecule has 4 aromatic carbocycles. The van der Waals surface area contributed by atoms with E-state index < -0.39 is 46.1 Å². The molecule has 0 aromatic heterocycles. The summed E-state index contributed by atoms with van der Waals surface area (Å²) in [5.41, 5.74) is 2.46. The Morgan fingerprint density at radius 3 is 1.93 bits per heavy atom. The minimum absolute atomic E-state index is 0.0793. The molecule has 0 fully saturated rings. The highest BCUT2D eigenvalue weighted by Gasteiger charge is 2.34. The van der Waals surface area contributed by atoms with Crippen molar-refractivity contribution in [1.29, 1.82) is 0 Å². The van der Waals surface area contributed by atoms with Gasteiger partial charge in [-0.05, 0) is 72.5 Å². The number of amides is 2. The van der Waals surface area contributed by atoms with Gasteiger partial charge in [-0.25, -0.2) is 17.2 Å². The topological polar surface area (TPSA) is 86.8 Å². The van der Waals surface area contributed by atoms with Crippen LogP contribution in [-0.2, 0) is 32.6 Å². The highest BCUT2D eigenvalue weighted by atomic mass is 32.2. The quantitative estimate of drug-likeness (QED) is 0.199. The van der Waals surface area contributed by atoms with Gasteiger partial charge in [0.15, 0.2) is 0 Å². The number of carbonyl (C=O) groups excluding carboxylic acids is 2. The molecule has 2 amide bonds. The second kappa shape index (κ2) is 14.9. The van der Waals surface area contributed by atoms with E-state index in [1.807, 2.05) is 51.1 Å². The van der Waals surface area contributed by atoms with E-state index in [-0.39, 0.29) is 29.5 Å². The molecule has 0 heterocycles. The van der Waals surface area contributed by atoms with Crippen LogP contribution in [0.15, 0.2) is 108 Å². The number of nitrogens with zero attached hydrogens (tertiary/aromatic N) is 2. The molecule has 0 spiro atoms. The lowest BCUT2D eigenvalue weighted by molar-refractivity contribution is -0.140. The van der Waals surface area contributed by atoms with Crippen molar-refractivity contribution in [2.24, 2.45) is 5.92 Å². The first kappa shape index (κ1) is 33.3. The summed E-state index contributed by atoms with van der Waals surface area (Å²) in [7, 11) is -4.35. The van der Waals surface area contributed by atoms with Gasteiger partial charge in [0.2, 0.25) is 11.8 Å². The summed E-state index contributed by atoms with van der Waals surface area (Å²) in [4.78, 5) is 29.3. The standard InChI is InChI=1S/C35H37F2N3O4S/c1-25(2)22-38-35(42)33(21-27-7-5-4-6-8-27)39(23-28-11-13-29(36)14-12-28)34(41)24-40(31-17-9-26(3)10-18-31)45(43,44)32-19-15-30(37)16-20-32/h4-20,25,33H,21-24H2,1-3H3,(H,38,42)/t33-/m1/s1.